The molecule has 30 heavy (non-hydrogen) atoms. The fourth-order valence-corrected chi connectivity index (χ4v) is 3.36. The average Bonchev–Trinajstić information content (AvgIpc) is 2.73. The second-order valence-corrected chi connectivity index (χ2v) is 7.77. The van der Waals surface area contributed by atoms with Gasteiger partial charge in [0.15, 0.2) is 11.5 Å². The fourth-order valence-electron chi connectivity index (χ4n) is 2.40. The van der Waals surface area contributed by atoms with E-state index in [1.165, 1.54) is 6.21 Å². The zero-order chi connectivity index (χ0) is 21.9. The second kappa shape index (κ2) is 12.4. The van der Waals surface area contributed by atoms with Crippen LogP contribution in [0.15, 0.2) is 41.5 Å². The lowest BCUT2D eigenvalue weighted by atomic mass is 10.2. The summed E-state index contributed by atoms with van der Waals surface area (Å²) in [5.74, 6) is 0.611. The van der Waals surface area contributed by atoms with Crippen molar-refractivity contribution < 1.29 is 19.1 Å². The Hall–Kier alpha value is -2.33. The number of halogens is 2. The summed E-state index contributed by atoms with van der Waals surface area (Å²) in [6, 6.07) is 10.6. The number of carbonyl (C=O) groups excluding carboxylic acids is 2. The number of benzene rings is 2. The molecule has 2 rings (SSSR count). The Morgan fingerprint density at radius 1 is 1.20 bits per heavy atom. The molecule has 7 nitrogen and oxygen atoms in total. The number of nitrogens with one attached hydrogen (secondary N) is 2. The summed E-state index contributed by atoms with van der Waals surface area (Å²) in [7, 11) is 1.57. The number of para-hydroxylation sites is 1. The Balaban J connectivity index is 1.86. The number of methoxy groups -OCH3 is 1. The highest BCUT2D eigenvalue weighted by atomic mass is 127. The van der Waals surface area contributed by atoms with Gasteiger partial charge in [0.25, 0.3) is 0 Å². The van der Waals surface area contributed by atoms with Gasteiger partial charge < -0.3 is 14.8 Å². The van der Waals surface area contributed by atoms with Gasteiger partial charge in [0.05, 0.1) is 34.2 Å². The first kappa shape index (κ1) is 23.9. The summed E-state index contributed by atoms with van der Waals surface area (Å²) in [6.45, 7) is 2.63. The molecule has 0 heterocycles. The Morgan fingerprint density at radius 2 is 1.93 bits per heavy atom. The van der Waals surface area contributed by atoms with Crippen LogP contribution in [0.25, 0.3) is 0 Å². The van der Waals surface area contributed by atoms with Crippen LogP contribution in [0, 0.1) is 3.57 Å². The molecule has 0 aliphatic carbocycles. The number of hydrogen-bond acceptors (Lipinski definition) is 5. The summed E-state index contributed by atoms with van der Waals surface area (Å²) >= 11 is 8.16. The first-order valence-electron chi connectivity index (χ1n) is 9.31. The van der Waals surface area contributed by atoms with E-state index in [-0.39, 0.29) is 24.7 Å². The van der Waals surface area contributed by atoms with Gasteiger partial charge in [-0.1, -0.05) is 30.7 Å². The molecule has 0 aromatic heterocycles. The molecule has 0 atom stereocenters. The predicted molar refractivity (Wildman–Crippen MR) is 127 cm³/mol. The van der Waals surface area contributed by atoms with Crippen LogP contribution in [0.2, 0.25) is 5.02 Å². The molecule has 2 aromatic rings. The number of nitrogens with zero attached hydrogens (tertiary/aromatic N) is 1. The maximum atomic E-state index is 12.0. The Labute approximate surface area is 194 Å². The quantitative estimate of drug-likeness (QED) is 0.260. The molecule has 0 aliphatic rings. The lowest BCUT2D eigenvalue weighted by molar-refractivity contribution is -0.124. The molecule has 160 valence electrons. The highest BCUT2D eigenvalue weighted by molar-refractivity contribution is 14.1. The van der Waals surface area contributed by atoms with Gasteiger partial charge in [-0.25, -0.2) is 5.43 Å². The number of amides is 2. The zero-order valence-corrected chi connectivity index (χ0v) is 19.6. The molecular formula is C21H23ClIN3O4. The first-order chi connectivity index (χ1) is 14.4. The standard InChI is InChI=1S/C21H23ClIN3O4/c1-3-10-30-21-16(23)11-14(12-18(21)29-2)13-24-26-20(28)9-8-19(27)25-17-7-5-4-6-15(17)22/h4-7,11-13H,3,8-10H2,1-2H3,(H,25,27)(H,26,28). The van der Waals surface area contributed by atoms with Crippen LogP contribution in [0.5, 0.6) is 11.5 Å². The molecule has 0 aliphatic heterocycles. The van der Waals surface area contributed by atoms with Crippen LogP contribution in [-0.2, 0) is 9.59 Å². The van der Waals surface area contributed by atoms with Gasteiger partial charge in [0.2, 0.25) is 11.8 Å². The van der Waals surface area contributed by atoms with Crippen molar-refractivity contribution in [2.45, 2.75) is 26.2 Å². The molecule has 0 bridgehead atoms. The molecule has 0 radical (unpaired) electrons. The van der Waals surface area contributed by atoms with Crippen LogP contribution in [0.1, 0.15) is 31.7 Å². The Bertz CT molecular complexity index is 921. The monoisotopic (exact) mass is 543 g/mol. The van der Waals surface area contributed by atoms with Crippen molar-refractivity contribution in [3.63, 3.8) is 0 Å². The van der Waals surface area contributed by atoms with Crippen molar-refractivity contribution in [1.82, 2.24) is 5.43 Å². The summed E-state index contributed by atoms with van der Waals surface area (Å²) in [5, 5.41) is 7.06. The van der Waals surface area contributed by atoms with Crippen LogP contribution in [0.4, 0.5) is 5.69 Å². The smallest absolute Gasteiger partial charge is 0.240 e. The van der Waals surface area contributed by atoms with Gasteiger partial charge in [0.1, 0.15) is 0 Å². The lowest BCUT2D eigenvalue weighted by Gasteiger charge is -2.12. The third-order valence-electron chi connectivity index (χ3n) is 3.83. The van der Waals surface area contributed by atoms with Crippen molar-refractivity contribution in [2.75, 3.05) is 19.0 Å². The minimum absolute atomic E-state index is 0.00171. The summed E-state index contributed by atoms with van der Waals surface area (Å²) in [5.41, 5.74) is 3.68. The largest absolute Gasteiger partial charge is 0.493 e. The van der Waals surface area contributed by atoms with E-state index in [9.17, 15) is 9.59 Å². The van der Waals surface area contributed by atoms with Crippen LogP contribution in [-0.4, -0.2) is 31.7 Å². The van der Waals surface area contributed by atoms with Gasteiger partial charge in [0, 0.05) is 12.8 Å². The van der Waals surface area contributed by atoms with E-state index in [1.54, 1.807) is 37.4 Å². The van der Waals surface area contributed by atoms with Crippen molar-refractivity contribution in [1.29, 1.82) is 0 Å². The average molecular weight is 544 g/mol. The van der Waals surface area contributed by atoms with Crippen molar-refractivity contribution in [3.8, 4) is 11.5 Å². The fraction of sp³-hybridized carbons (Fsp3) is 0.286. The Morgan fingerprint density at radius 3 is 2.63 bits per heavy atom. The minimum atomic E-state index is -0.370. The van der Waals surface area contributed by atoms with E-state index in [4.69, 9.17) is 21.1 Å². The number of carbonyl (C=O) groups is 2. The number of rotatable bonds is 10. The van der Waals surface area contributed by atoms with Crippen LogP contribution < -0.4 is 20.2 Å². The summed E-state index contributed by atoms with van der Waals surface area (Å²) in [4.78, 5) is 23.9. The van der Waals surface area contributed by atoms with E-state index >= 15 is 0 Å². The van der Waals surface area contributed by atoms with Crippen LogP contribution in [0.3, 0.4) is 0 Å². The molecule has 0 saturated carbocycles. The molecule has 2 aromatic carbocycles. The summed E-state index contributed by atoms with van der Waals surface area (Å²) in [6.07, 6.45) is 2.42. The van der Waals surface area contributed by atoms with Crippen molar-refractivity contribution in [3.05, 3.63) is 50.6 Å². The van der Waals surface area contributed by atoms with E-state index in [2.05, 4.69) is 38.4 Å². The van der Waals surface area contributed by atoms with E-state index in [0.717, 1.165) is 15.6 Å². The van der Waals surface area contributed by atoms with Gasteiger partial charge in [-0.3, -0.25) is 9.59 Å². The number of anilines is 1. The molecule has 0 saturated heterocycles. The topological polar surface area (TPSA) is 89.0 Å². The lowest BCUT2D eigenvalue weighted by Crippen LogP contribution is -2.20. The van der Waals surface area contributed by atoms with Gasteiger partial charge in [-0.05, 0) is 58.8 Å². The van der Waals surface area contributed by atoms with Gasteiger partial charge >= 0.3 is 0 Å². The highest BCUT2D eigenvalue weighted by Gasteiger charge is 2.11. The van der Waals surface area contributed by atoms with E-state index in [1.807, 2.05) is 13.0 Å². The number of hydrazone groups is 1. The third-order valence-corrected chi connectivity index (χ3v) is 4.96. The second-order valence-electron chi connectivity index (χ2n) is 6.20. The predicted octanol–water partition coefficient (Wildman–Crippen LogP) is 4.61. The van der Waals surface area contributed by atoms with Crippen molar-refractivity contribution >= 4 is 57.9 Å². The van der Waals surface area contributed by atoms with Gasteiger partial charge in [-0.15, -0.1) is 0 Å². The zero-order valence-electron chi connectivity index (χ0n) is 16.7. The van der Waals surface area contributed by atoms with Crippen LogP contribution >= 0.6 is 34.2 Å². The Kier molecular flexibility index (Phi) is 9.88. The SMILES string of the molecule is CCCOc1c(I)cc(C=NNC(=O)CCC(=O)Nc2ccccc2Cl)cc1OC. The maximum absolute atomic E-state index is 12.0. The van der Waals surface area contributed by atoms with E-state index in [0.29, 0.717) is 28.8 Å². The molecule has 0 spiro atoms. The van der Waals surface area contributed by atoms with Gasteiger partial charge in [-0.2, -0.15) is 5.10 Å². The molecule has 0 fully saturated rings. The molecule has 2 N–H and O–H groups in total. The van der Waals surface area contributed by atoms with Crippen molar-refractivity contribution in [2.24, 2.45) is 5.10 Å². The summed E-state index contributed by atoms with van der Waals surface area (Å²) < 4.78 is 12.0. The molecule has 0 unspecified atom stereocenters. The minimum Gasteiger partial charge on any atom is -0.493 e. The number of ether oxygens (including phenoxy) is 2. The highest BCUT2D eigenvalue weighted by Crippen LogP contribution is 2.33. The molecule has 9 heteroatoms. The third kappa shape index (κ3) is 7.49. The van der Waals surface area contributed by atoms with E-state index < -0.39 is 0 Å². The number of hydrogen-bond donors (Lipinski definition) is 2. The maximum Gasteiger partial charge on any atom is 0.240 e. The molecule has 2 amide bonds. The normalized spacial score (nSPS) is 10.7. The first-order valence-corrected chi connectivity index (χ1v) is 10.8. The molecular weight excluding hydrogens is 521 g/mol.